The summed E-state index contributed by atoms with van der Waals surface area (Å²) in [5.74, 6) is 0.298. The number of nitrogen functional groups attached to an aromatic ring is 1. The summed E-state index contributed by atoms with van der Waals surface area (Å²) in [6.45, 7) is 0. The van der Waals surface area contributed by atoms with Crippen LogP contribution in [0.3, 0.4) is 0 Å². The van der Waals surface area contributed by atoms with E-state index in [4.69, 9.17) is 5.73 Å². The molecule has 0 aliphatic carbocycles. The van der Waals surface area contributed by atoms with E-state index in [0.717, 1.165) is 5.69 Å². The zero-order valence-electron chi connectivity index (χ0n) is 12.5. The summed E-state index contributed by atoms with van der Waals surface area (Å²) in [6.07, 6.45) is 0. The summed E-state index contributed by atoms with van der Waals surface area (Å²) < 4.78 is 27.2. The molecular weight excluding hydrogens is 312 g/mol. The number of para-hydroxylation sites is 1. The molecule has 0 aliphatic rings. The van der Waals surface area contributed by atoms with Crippen molar-refractivity contribution in [1.29, 1.82) is 0 Å². The van der Waals surface area contributed by atoms with Gasteiger partial charge in [-0.05, 0) is 24.3 Å². The highest BCUT2D eigenvalue weighted by atomic mass is 32.2. The molecule has 0 amide bonds. The fourth-order valence-electron chi connectivity index (χ4n) is 2.30. The Labute approximate surface area is 134 Å². The van der Waals surface area contributed by atoms with Crippen LogP contribution >= 0.6 is 0 Å². The Morgan fingerprint density at radius 1 is 1.00 bits per heavy atom. The highest BCUT2D eigenvalue weighted by Crippen LogP contribution is 2.33. The number of nitrogens with zero attached hydrogens (tertiary/aromatic N) is 2. The molecule has 7 heteroatoms. The topological polar surface area (TPSA) is 90.0 Å². The van der Waals surface area contributed by atoms with E-state index in [-0.39, 0.29) is 15.6 Å². The molecule has 0 atom stereocenters. The summed E-state index contributed by atoms with van der Waals surface area (Å²) in [7, 11) is -2.13. The zero-order chi connectivity index (χ0) is 16.4. The monoisotopic (exact) mass is 328 g/mol. The number of benzene rings is 2. The fraction of sp³-hybridized carbons (Fsp3) is 0.0625. The third-order valence-electron chi connectivity index (χ3n) is 3.39. The molecule has 0 bridgehead atoms. The highest BCUT2D eigenvalue weighted by molar-refractivity contribution is 7.91. The molecule has 2 aromatic carbocycles. The lowest BCUT2D eigenvalue weighted by Crippen LogP contribution is -2.07. The molecule has 0 unspecified atom stereocenters. The number of nitrogens with one attached hydrogen (secondary N) is 1. The standard InChI is InChI=1S/C16H16N4O2S/c1-20-16(18-12-8-4-2-5-9-12)14(15(17)19-20)23(21,22)13-10-6-3-7-11-13/h2-11,18H,1H3,(H2,17,19). The molecule has 23 heavy (non-hydrogen) atoms. The van der Waals surface area contributed by atoms with Crippen LogP contribution in [0.1, 0.15) is 0 Å². The van der Waals surface area contributed by atoms with Crippen LogP contribution in [0.15, 0.2) is 70.5 Å². The van der Waals surface area contributed by atoms with Crippen molar-refractivity contribution in [2.24, 2.45) is 7.05 Å². The molecule has 0 saturated heterocycles. The normalized spacial score (nSPS) is 11.3. The minimum Gasteiger partial charge on any atom is -0.381 e. The van der Waals surface area contributed by atoms with Gasteiger partial charge in [0.15, 0.2) is 10.7 Å². The molecule has 0 saturated carbocycles. The van der Waals surface area contributed by atoms with Crippen LogP contribution in [0.4, 0.5) is 17.3 Å². The smallest absolute Gasteiger partial charge is 0.213 e. The predicted molar refractivity (Wildman–Crippen MR) is 89.2 cm³/mol. The maximum Gasteiger partial charge on any atom is 0.213 e. The maximum atomic E-state index is 12.9. The molecule has 3 rings (SSSR count). The summed E-state index contributed by atoms with van der Waals surface area (Å²) in [5.41, 5.74) is 6.62. The van der Waals surface area contributed by atoms with E-state index in [2.05, 4.69) is 10.4 Å². The van der Waals surface area contributed by atoms with Crippen LogP contribution in [0, 0.1) is 0 Å². The Hall–Kier alpha value is -2.80. The van der Waals surface area contributed by atoms with E-state index in [1.165, 1.54) is 16.8 Å². The minimum atomic E-state index is -3.77. The second kappa shape index (κ2) is 5.77. The van der Waals surface area contributed by atoms with Gasteiger partial charge < -0.3 is 11.1 Å². The van der Waals surface area contributed by atoms with Crippen molar-refractivity contribution in [2.75, 3.05) is 11.1 Å². The van der Waals surface area contributed by atoms with E-state index in [1.807, 2.05) is 30.3 Å². The van der Waals surface area contributed by atoms with Gasteiger partial charge in [-0.15, -0.1) is 0 Å². The van der Waals surface area contributed by atoms with Crippen molar-refractivity contribution in [2.45, 2.75) is 9.79 Å². The van der Waals surface area contributed by atoms with Crippen LogP contribution in [-0.4, -0.2) is 18.2 Å². The number of rotatable bonds is 4. The quantitative estimate of drug-likeness (QED) is 0.768. The molecule has 0 fully saturated rings. The number of anilines is 3. The van der Waals surface area contributed by atoms with Crippen molar-refractivity contribution in [3.05, 3.63) is 60.7 Å². The third kappa shape index (κ3) is 2.78. The lowest BCUT2D eigenvalue weighted by Gasteiger charge is -2.10. The Balaban J connectivity index is 2.13. The van der Waals surface area contributed by atoms with E-state index in [9.17, 15) is 8.42 Å². The molecule has 0 radical (unpaired) electrons. The van der Waals surface area contributed by atoms with Gasteiger partial charge in [-0.2, -0.15) is 5.10 Å². The largest absolute Gasteiger partial charge is 0.381 e. The van der Waals surface area contributed by atoms with Crippen LogP contribution < -0.4 is 11.1 Å². The lowest BCUT2D eigenvalue weighted by molar-refractivity contribution is 0.596. The Kier molecular flexibility index (Phi) is 3.79. The molecule has 1 aromatic heterocycles. The first-order chi connectivity index (χ1) is 11.0. The number of sulfone groups is 1. The Bertz CT molecular complexity index is 919. The van der Waals surface area contributed by atoms with E-state index >= 15 is 0 Å². The van der Waals surface area contributed by atoms with Crippen LogP contribution in [0.2, 0.25) is 0 Å². The van der Waals surface area contributed by atoms with Crippen molar-refractivity contribution in [1.82, 2.24) is 9.78 Å². The number of aromatic nitrogens is 2. The number of hydrogen-bond donors (Lipinski definition) is 2. The molecule has 3 aromatic rings. The van der Waals surface area contributed by atoms with Crippen molar-refractivity contribution < 1.29 is 8.42 Å². The first kappa shape index (κ1) is 15.1. The van der Waals surface area contributed by atoms with Crippen molar-refractivity contribution >= 4 is 27.2 Å². The third-order valence-corrected chi connectivity index (χ3v) is 5.22. The van der Waals surface area contributed by atoms with Gasteiger partial charge in [0, 0.05) is 12.7 Å². The zero-order valence-corrected chi connectivity index (χ0v) is 13.3. The summed E-state index contributed by atoms with van der Waals surface area (Å²) in [5, 5.41) is 7.13. The summed E-state index contributed by atoms with van der Waals surface area (Å²) in [4.78, 5) is 0.158. The van der Waals surface area contributed by atoms with Crippen molar-refractivity contribution in [3.63, 3.8) is 0 Å². The van der Waals surface area contributed by atoms with Gasteiger partial charge in [0.25, 0.3) is 0 Å². The molecular formula is C16H16N4O2S. The number of aryl methyl sites for hydroxylation is 1. The van der Waals surface area contributed by atoms with Crippen LogP contribution in [0.5, 0.6) is 0 Å². The highest BCUT2D eigenvalue weighted by Gasteiger charge is 2.28. The molecule has 6 nitrogen and oxygen atoms in total. The lowest BCUT2D eigenvalue weighted by atomic mass is 10.3. The molecule has 0 spiro atoms. The van der Waals surface area contributed by atoms with Gasteiger partial charge in [-0.25, -0.2) is 13.1 Å². The second-order valence-electron chi connectivity index (χ2n) is 4.99. The molecule has 3 N–H and O–H groups in total. The van der Waals surface area contributed by atoms with Gasteiger partial charge in [-0.3, -0.25) is 0 Å². The molecule has 0 aliphatic heterocycles. The maximum absolute atomic E-state index is 12.9. The first-order valence-corrected chi connectivity index (χ1v) is 8.43. The van der Waals surface area contributed by atoms with Crippen LogP contribution in [-0.2, 0) is 16.9 Å². The van der Waals surface area contributed by atoms with E-state index in [0.29, 0.717) is 5.82 Å². The SMILES string of the molecule is Cn1nc(N)c(S(=O)(=O)c2ccccc2)c1Nc1ccccc1. The van der Waals surface area contributed by atoms with Gasteiger partial charge in [0.05, 0.1) is 4.90 Å². The first-order valence-electron chi connectivity index (χ1n) is 6.95. The minimum absolute atomic E-state index is 0.0185. The van der Waals surface area contributed by atoms with E-state index < -0.39 is 9.84 Å². The second-order valence-corrected chi connectivity index (χ2v) is 6.88. The average molecular weight is 328 g/mol. The Morgan fingerprint density at radius 2 is 1.57 bits per heavy atom. The van der Waals surface area contributed by atoms with Gasteiger partial charge >= 0.3 is 0 Å². The van der Waals surface area contributed by atoms with Crippen molar-refractivity contribution in [3.8, 4) is 0 Å². The summed E-state index contributed by atoms with van der Waals surface area (Å²) in [6, 6.07) is 17.4. The van der Waals surface area contributed by atoms with Gasteiger partial charge in [0.2, 0.25) is 9.84 Å². The predicted octanol–water partition coefficient (Wildman–Crippen LogP) is 2.58. The van der Waals surface area contributed by atoms with Gasteiger partial charge in [-0.1, -0.05) is 36.4 Å². The number of nitrogens with two attached hydrogens (primary N) is 1. The number of hydrogen-bond acceptors (Lipinski definition) is 5. The Morgan fingerprint density at radius 3 is 2.17 bits per heavy atom. The molecule has 118 valence electrons. The average Bonchev–Trinajstić information content (AvgIpc) is 2.83. The van der Waals surface area contributed by atoms with Gasteiger partial charge in [0.1, 0.15) is 5.82 Å². The fourth-order valence-corrected chi connectivity index (χ4v) is 3.81. The van der Waals surface area contributed by atoms with E-state index in [1.54, 1.807) is 25.2 Å². The molecule has 1 heterocycles. The summed E-state index contributed by atoms with van der Waals surface area (Å²) >= 11 is 0. The van der Waals surface area contributed by atoms with Crippen LogP contribution in [0.25, 0.3) is 0 Å².